The van der Waals surface area contributed by atoms with Crippen molar-refractivity contribution >= 4 is 26.7 Å². The number of sulfonamides is 1. The minimum atomic E-state index is -3.42. The normalized spacial score (nSPS) is 16.1. The number of hydrogen-bond acceptors (Lipinski definition) is 3. The van der Waals surface area contributed by atoms with Crippen LogP contribution < -0.4 is 9.88 Å². The Morgan fingerprint density at radius 3 is 2.27 bits per heavy atom. The Morgan fingerprint density at radius 1 is 0.846 bits per heavy atom. The summed E-state index contributed by atoms with van der Waals surface area (Å²) < 4.78 is 27.2. The molecular weight excluding hydrogens is 346 g/mol. The number of nitrogens with one attached hydrogen (secondary N) is 1. The molecule has 1 aromatic heterocycles. The number of fused-ring (bicyclic) bond motifs is 1. The lowest BCUT2D eigenvalue weighted by atomic mass is 10.2. The van der Waals surface area contributed by atoms with Gasteiger partial charge in [0.2, 0.25) is 10.0 Å². The molecule has 0 amide bonds. The molecule has 0 bridgehead atoms. The topological polar surface area (TPSA) is 54.8 Å². The van der Waals surface area contributed by atoms with E-state index in [0.717, 1.165) is 22.3 Å². The summed E-state index contributed by atoms with van der Waals surface area (Å²) in [4.78, 5) is 6.02. The number of pyridine rings is 1. The van der Waals surface area contributed by atoms with Crippen LogP contribution in [0.3, 0.4) is 0 Å². The third-order valence-corrected chi connectivity index (χ3v) is 6.80. The van der Waals surface area contributed by atoms with E-state index in [0.29, 0.717) is 31.1 Å². The van der Waals surface area contributed by atoms with Crippen molar-refractivity contribution in [3.63, 3.8) is 0 Å². The predicted octanol–water partition coefficient (Wildman–Crippen LogP) is 2.47. The van der Waals surface area contributed by atoms with Gasteiger partial charge in [-0.1, -0.05) is 35.9 Å². The molecule has 0 aliphatic carbocycles. The number of rotatable bonds is 3. The van der Waals surface area contributed by atoms with E-state index in [1.165, 1.54) is 0 Å². The maximum atomic E-state index is 12.8. The summed E-state index contributed by atoms with van der Waals surface area (Å²) in [6.45, 7) is 4.25. The number of aryl methyl sites for hydroxylation is 1. The molecule has 1 fully saturated rings. The quantitative estimate of drug-likeness (QED) is 0.714. The number of aromatic nitrogens is 1. The van der Waals surface area contributed by atoms with Crippen molar-refractivity contribution in [2.75, 3.05) is 31.1 Å². The van der Waals surface area contributed by atoms with E-state index < -0.39 is 10.0 Å². The van der Waals surface area contributed by atoms with Crippen molar-refractivity contribution in [3.05, 3.63) is 66.2 Å². The van der Waals surface area contributed by atoms with Crippen LogP contribution in [0.4, 0.5) is 5.82 Å². The van der Waals surface area contributed by atoms with Crippen LogP contribution >= 0.6 is 0 Å². The van der Waals surface area contributed by atoms with Gasteiger partial charge in [0, 0.05) is 11.5 Å². The first-order chi connectivity index (χ1) is 12.5. The SMILES string of the molecule is Cc1ccc(S(=O)(=O)N2CCN(c3ccc4ccccc4[nH+]3)CC2)cc1. The lowest BCUT2D eigenvalue weighted by molar-refractivity contribution is -0.330. The molecule has 0 spiro atoms. The zero-order valence-electron chi connectivity index (χ0n) is 14.7. The number of hydrogen-bond donors (Lipinski definition) is 0. The van der Waals surface area contributed by atoms with Gasteiger partial charge >= 0.3 is 0 Å². The summed E-state index contributed by atoms with van der Waals surface area (Å²) in [5, 5.41) is 1.16. The minimum Gasteiger partial charge on any atom is -0.259 e. The summed E-state index contributed by atoms with van der Waals surface area (Å²) in [5.41, 5.74) is 2.14. The van der Waals surface area contributed by atoms with Gasteiger partial charge in [-0.2, -0.15) is 4.31 Å². The molecule has 2 heterocycles. The van der Waals surface area contributed by atoms with Gasteiger partial charge in [0.15, 0.2) is 0 Å². The van der Waals surface area contributed by atoms with Crippen LogP contribution in [-0.4, -0.2) is 38.9 Å². The van der Waals surface area contributed by atoms with E-state index in [1.54, 1.807) is 16.4 Å². The Balaban J connectivity index is 1.50. The highest BCUT2D eigenvalue weighted by atomic mass is 32.2. The second-order valence-electron chi connectivity index (χ2n) is 6.64. The Morgan fingerprint density at radius 2 is 1.54 bits per heavy atom. The summed E-state index contributed by atoms with van der Waals surface area (Å²) in [5.74, 6) is 1.02. The van der Waals surface area contributed by atoms with Crippen molar-refractivity contribution in [2.45, 2.75) is 11.8 Å². The maximum Gasteiger partial charge on any atom is 0.274 e. The van der Waals surface area contributed by atoms with Crippen molar-refractivity contribution in [1.29, 1.82) is 0 Å². The monoisotopic (exact) mass is 368 g/mol. The summed E-state index contributed by atoms with van der Waals surface area (Å²) >= 11 is 0. The number of aromatic amines is 1. The van der Waals surface area contributed by atoms with Crippen LogP contribution in [0.1, 0.15) is 5.56 Å². The van der Waals surface area contributed by atoms with Gasteiger partial charge in [-0.3, -0.25) is 4.90 Å². The highest BCUT2D eigenvalue weighted by Gasteiger charge is 2.31. The molecule has 134 valence electrons. The minimum absolute atomic E-state index is 0.369. The van der Waals surface area contributed by atoms with E-state index in [4.69, 9.17) is 0 Å². The molecule has 0 atom stereocenters. The van der Waals surface area contributed by atoms with Crippen molar-refractivity contribution in [1.82, 2.24) is 4.31 Å². The van der Waals surface area contributed by atoms with Crippen molar-refractivity contribution in [3.8, 4) is 0 Å². The number of piperazine rings is 1. The second kappa shape index (κ2) is 6.70. The molecule has 0 radical (unpaired) electrons. The fourth-order valence-corrected chi connectivity index (χ4v) is 4.74. The van der Waals surface area contributed by atoms with Gasteiger partial charge in [0.05, 0.1) is 31.1 Å². The fourth-order valence-electron chi connectivity index (χ4n) is 3.32. The van der Waals surface area contributed by atoms with E-state index >= 15 is 0 Å². The summed E-state index contributed by atoms with van der Waals surface area (Å²) in [6.07, 6.45) is 0. The second-order valence-corrected chi connectivity index (χ2v) is 8.57. The van der Waals surface area contributed by atoms with E-state index in [2.05, 4.69) is 34.1 Å². The molecule has 0 unspecified atom stereocenters. The molecule has 2 aromatic carbocycles. The molecule has 1 aliphatic heterocycles. The first-order valence-corrected chi connectivity index (χ1v) is 10.2. The lowest BCUT2D eigenvalue weighted by Gasteiger charge is -2.30. The molecule has 6 heteroatoms. The zero-order valence-corrected chi connectivity index (χ0v) is 15.5. The number of para-hydroxylation sites is 1. The Kier molecular flexibility index (Phi) is 4.38. The highest BCUT2D eigenvalue weighted by Crippen LogP contribution is 2.20. The van der Waals surface area contributed by atoms with E-state index in [-0.39, 0.29) is 0 Å². The zero-order chi connectivity index (χ0) is 18.1. The molecule has 5 nitrogen and oxygen atoms in total. The number of H-pyrrole nitrogens is 1. The third-order valence-electron chi connectivity index (χ3n) is 4.88. The Hall–Kier alpha value is -2.44. The standard InChI is InChI=1S/C20H21N3O2S/c1-16-6-9-18(10-7-16)26(24,25)23-14-12-22(13-15-23)20-11-8-17-4-2-3-5-19(17)21-20/h2-11H,12-15H2,1H3/p+1. The predicted molar refractivity (Wildman–Crippen MR) is 103 cm³/mol. The molecule has 1 saturated heterocycles. The van der Waals surface area contributed by atoms with Crippen molar-refractivity contribution < 1.29 is 13.4 Å². The van der Waals surface area contributed by atoms with Crippen LogP contribution in [0.25, 0.3) is 10.9 Å². The first-order valence-electron chi connectivity index (χ1n) is 8.77. The van der Waals surface area contributed by atoms with Crippen LogP contribution in [0, 0.1) is 6.92 Å². The van der Waals surface area contributed by atoms with Crippen molar-refractivity contribution in [2.24, 2.45) is 0 Å². The van der Waals surface area contributed by atoms with Gasteiger partial charge < -0.3 is 0 Å². The van der Waals surface area contributed by atoms with E-state index in [1.807, 2.05) is 31.2 Å². The third kappa shape index (κ3) is 3.18. The van der Waals surface area contributed by atoms with Gasteiger partial charge in [0.25, 0.3) is 5.82 Å². The first kappa shape index (κ1) is 17.0. The van der Waals surface area contributed by atoms with Gasteiger partial charge in [0.1, 0.15) is 5.52 Å². The number of nitrogens with zero attached hydrogens (tertiary/aromatic N) is 2. The smallest absolute Gasteiger partial charge is 0.259 e. The molecule has 26 heavy (non-hydrogen) atoms. The molecule has 4 rings (SSSR count). The largest absolute Gasteiger partial charge is 0.274 e. The highest BCUT2D eigenvalue weighted by molar-refractivity contribution is 7.89. The fraction of sp³-hybridized carbons (Fsp3) is 0.250. The lowest BCUT2D eigenvalue weighted by Crippen LogP contribution is -2.49. The summed E-state index contributed by atoms with van der Waals surface area (Å²) in [6, 6.07) is 19.4. The molecule has 3 aromatic rings. The van der Waals surface area contributed by atoms with E-state index in [9.17, 15) is 8.42 Å². The Bertz CT molecular complexity index is 1020. The molecule has 1 N–H and O–H groups in total. The average Bonchev–Trinajstić information content (AvgIpc) is 2.68. The molecular formula is C20H22N3O2S+. The van der Waals surface area contributed by atoms with Gasteiger partial charge in [-0.05, 0) is 31.2 Å². The average molecular weight is 368 g/mol. The van der Waals surface area contributed by atoms with Gasteiger partial charge in [-0.25, -0.2) is 13.4 Å². The van der Waals surface area contributed by atoms with Crippen LogP contribution in [0.15, 0.2) is 65.6 Å². The molecule has 1 aliphatic rings. The Labute approximate surface area is 153 Å². The van der Waals surface area contributed by atoms with Gasteiger partial charge in [-0.15, -0.1) is 0 Å². The number of anilines is 1. The van der Waals surface area contributed by atoms with Crippen LogP contribution in [0.2, 0.25) is 0 Å². The number of benzene rings is 2. The molecule has 0 saturated carbocycles. The maximum absolute atomic E-state index is 12.8. The summed E-state index contributed by atoms with van der Waals surface area (Å²) in [7, 11) is -3.42. The van der Waals surface area contributed by atoms with Crippen LogP contribution in [0.5, 0.6) is 0 Å². The van der Waals surface area contributed by atoms with Crippen LogP contribution in [-0.2, 0) is 10.0 Å².